The molecule has 2 N–H and O–H groups in total. The molecule has 0 unspecified atom stereocenters. The van der Waals surface area contributed by atoms with E-state index in [1.165, 1.54) is 0 Å². The maximum Gasteiger partial charge on any atom is 0.246 e. The monoisotopic (exact) mass is 1040 g/mol. The molecule has 12 nitrogen and oxygen atoms in total. The first-order valence-electron chi connectivity index (χ1n) is 28.8. The summed E-state index contributed by atoms with van der Waals surface area (Å²) in [6.07, 6.45) is 10.2. The van der Waals surface area contributed by atoms with E-state index in [4.69, 9.17) is 0 Å². The highest BCUT2D eigenvalue weighted by atomic mass is 16.2. The molecule has 2 aliphatic rings. The molecule has 0 saturated carbocycles. The predicted molar refractivity (Wildman–Crippen MR) is 307 cm³/mol. The summed E-state index contributed by atoms with van der Waals surface area (Å²) >= 11 is 0. The van der Waals surface area contributed by atoms with Crippen molar-refractivity contribution in [1.29, 1.82) is 0 Å². The van der Waals surface area contributed by atoms with Crippen LogP contribution in [0.5, 0.6) is 0 Å². The second kappa shape index (κ2) is 27.6. The molecule has 414 valence electrons. The van der Waals surface area contributed by atoms with Crippen molar-refractivity contribution in [1.82, 2.24) is 30.2 Å². The zero-order valence-corrected chi connectivity index (χ0v) is 47.9. The molecule has 4 aromatic rings. The molecule has 0 bridgehead atoms. The molecule has 6 rings (SSSR count). The van der Waals surface area contributed by atoms with E-state index >= 15 is 0 Å². The van der Waals surface area contributed by atoms with Gasteiger partial charge in [-0.05, 0) is 115 Å². The number of Topliss-reactive ketones (excluding diaryl/α,β-unsaturated/α-hetero) is 1. The quantitative estimate of drug-likeness (QED) is 0.0597. The molecule has 4 aromatic carbocycles. The molecular weight excluding hydrogens is 949 g/mol. The van der Waals surface area contributed by atoms with Gasteiger partial charge >= 0.3 is 0 Å². The maximum atomic E-state index is 14.4. The average Bonchev–Trinajstić information content (AvgIpc) is 4.07. The number of nitrogens with zero attached hydrogens (tertiary/aromatic N) is 4. The summed E-state index contributed by atoms with van der Waals surface area (Å²) in [7, 11) is 1.77. The number of carbonyl (C=O) groups is 6. The van der Waals surface area contributed by atoms with Crippen LogP contribution in [0.1, 0.15) is 163 Å². The van der Waals surface area contributed by atoms with Crippen LogP contribution < -0.4 is 10.6 Å². The number of benzene rings is 4. The first-order valence-corrected chi connectivity index (χ1v) is 28.8. The topological polar surface area (TPSA) is 139 Å². The van der Waals surface area contributed by atoms with Gasteiger partial charge < -0.3 is 30.2 Å². The van der Waals surface area contributed by atoms with Crippen molar-refractivity contribution in [2.45, 2.75) is 189 Å². The van der Waals surface area contributed by atoms with E-state index in [0.29, 0.717) is 58.5 Å². The maximum absolute atomic E-state index is 14.4. The van der Waals surface area contributed by atoms with Crippen LogP contribution in [0, 0.1) is 22.7 Å². The van der Waals surface area contributed by atoms with Gasteiger partial charge in [-0.1, -0.05) is 154 Å². The Morgan fingerprint density at radius 1 is 0.605 bits per heavy atom. The van der Waals surface area contributed by atoms with E-state index in [1.807, 2.05) is 106 Å². The summed E-state index contributed by atoms with van der Waals surface area (Å²) in [5.74, 6) is -0.644. The van der Waals surface area contributed by atoms with Crippen molar-refractivity contribution in [2.75, 3.05) is 33.2 Å². The number of amides is 5. The van der Waals surface area contributed by atoms with Crippen LogP contribution in [0.25, 0.3) is 21.5 Å². The van der Waals surface area contributed by atoms with E-state index in [0.717, 1.165) is 96.9 Å². The van der Waals surface area contributed by atoms with E-state index in [1.54, 1.807) is 7.05 Å². The fourth-order valence-electron chi connectivity index (χ4n) is 11.1. The van der Waals surface area contributed by atoms with Crippen molar-refractivity contribution < 1.29 is 28.8 Å². The minimum atomic E-state index is -0.671. The molecule has 0 aromatic heterocycles. The van der Waals surface area contributed by atoms with Gasteiger partial charge in [0.05, 0.1) is 6.04 Å². The van der Waals surface area contributed by atoms with Gasteiger partial charge in [0.15, 0.2) is 0 Å². The van der Waals surface area contributed by atoms with Crippen LogP contribution in [0.3, 0.4) is 0 Å². The Morgan fingerprint density at radius 3 is 1.49 bits per heavy atom. The Kier molecular flexibility index (Phi) is 21.7. The Labute approximate surface area is 455 Å². The Morgan fingerprint density at radius 2 is 1.05 bits per heavy atom. The van der Waals surface area contributed by atoms with Crippen LogP contribution in [0.15, 0.2) is 84.9 Å². The SMILES string of the molecule is CC[C@@H](C)C(=O)N[C@H](C(=O)N1CCC[C@H]1CN(Cc1ccc2ccccc2c1)C(=O)CCCCCCCCC(=O)N(Cc1ccc2ccccc2c1)C[C@@H]1CCCN1C(=O)[C@@H](CC(=O)[C@H](C)NC)C(C)(C)C)C(C)(C)C. The number of hydrogen-bond acceptors (Lipinski definition) is 7. The summed E-state index contributed by atoms with van der Waals surface area (Å²) in [6, 6.07) is 27.9. The van der Waals surface area contributed by atoms with Gasteiger partial charge in [0.2, 0.25) is 29.5 Å². The lowest BCUT2D eigenvalue weighted by molar-refractivity contribution is -0.144. The van der Waals surface area contributed by atoms with Crippen molar-refractivity contribution in [2.24, 2.45) is 22.7 Å². The second-order valence-corrected chi connectivity index (χ2v) is 24.4. The van der Waals surface area contributed by atoms with Crippen molar-refractivity contribution in [3.05, 3.63) is 96.1 Å². The van der Waals surface area contributed by atoms with E-state index in [9.17, 15) is 28.8 Å². The molecule has 12 heteroatoms. The molecular formula is C64H92N6O6. The summed E-state index contributed by atoms with van der Waals surface area (Å²) in [6.45, 7) is 20.8. The minimum Gasteiger partial charge on any atom is -0.344 e. The third-order valence-corrected chi connectivity index (χ3v) is 16.4. The number of ketones is 1. The number of likely N-dealkylation sites (tertiary alicyclic amines) is 2. The van der Waals surface area contributed by atoms with E-state index in [2.05, 4.69) is 71.3 Å². The Balaban J connectivity index is 1.05. The van der Waals surface area contributed by atoms with Crippen molar-refractivity contribution in [3.63, 3.8) is 0 Å². The number of unbranched alkanes of at least 4 members (excludes halogenated alkanes) is 5. The molecule has 2 fully saturated rings. The Bertz CT molecular complexity index is 2420. The lowest BCUT2D eigenvalue weighted by atomic mass is 9.76. The molecule has 76 heavy (non-hydrogen) atoms. The van der Waals surface area contributed by atoms with Crippen LogP contribution in [-0.2, 0) is 41.9 Å². The summed E-state index contributed by atoms with van der Waals surface area (Å²) in [5.41, 5.74) is 1.20. The molecule has 0 spiro atoms. The number of rotatable bonds is 26. The largest absolute Gasteiger partial charge is 0.344 e. The lowest BCUT2D eigenvalue weighted by Crippen LogP contribution is -2.57. The molecule has 2 saturated heterocycles. The van der Waals surface area contributed by atoms with Crippen LogP contribution >= 0.6 is 0 Å². The second-order valence-electron chi connectivity index (χ2n) is 24.4. The van der Waals surface area contributed by atoms with Gasteiger partial charge in [0.1, 0.15) is 11.8 Å². The summed E-state index contributed by atoms with van der Waals surface area (Å²) in [5, 5.41) is 10.7. The third kappa shape index (κ3) is 16.4. The zero-order chi connectivity index (χ0) is 55.2. The van der Waals surface area contributed by atoms with Gasteiger partial charge in [-0.15, -0.1) is 0 Å². The molecule has 0 radical (unpaired) electrons. The molecule has 0 aliphatic carbocycles. The zero-order valence-electron chi connectivity index (χ0n) is 47.9. The lowest BCUT2D eigenvalue weighted by Gasteiger charge is -2.37. The van der Waals surface area contributed by atoms with E-state index in [-0.39, 0.29) is 65.8 Å². The fourth-order valence-corrected chi connectivity index (χ4v) is 11.1. The number of likely N-dealkylation sites (N-methyl/N-ethyl adjacent to an activating group) is 1. The van der Waals surface area contributed by atoms with Gasteiger partial charge in [0, 0.05) is 82.5 Å². The van der Waals surface area contributed by atoms with Crippen LogP contribution in [-0.4, -0.2) is 112 Å². The molecule has 5 amide bonds. The summed E-state index contributed by atoms with van der Waals surface area (Å²) in [4.78, 5) is 91.5. The van der Waals surface area contributed by atoms with Crippen LogP contribution in [0.4, 0.5) is 0 Å². The normalized spacial score (nSPS) is 17.6. The van der Waals surface area contributed by atoms with Gasteiger partial charge in [0.25, 0.3) is 0 Å². The highest BCUT2D eigenvalue weighted by Gasteiger charge is 2.42. The van der Waals surface area contributed by atoms with Gasteiger partial charge in [-0.3, -0.25) is 28.8 Å². The smallest absolute Gasteiger partial charge is 0.246 e. The number of nitrogens with one attached hydrogen (secondary N) is 2. The number of hydrogen-bond donors (Lipinski definition) is 2. The van der Waals surface area contributed by atoms with Crippen LogP contribution in [0.2, 0.25) is 0 Å². The number of fused-ring (bicyclic) bond motifs is 2. The van der Waals surface area contributed by atoms with Crippen molar-refractivity contribution >= 4 is 56.9 Å². The average molecular weight is 1040 g/mol. The van der Waals surface area contributed by atoms with Gasteiger partial charge in [-0.2, -0.15) is 0 Å². The van der Waals surface area contributed by atoms with E-state index < -0.39 is 22.8 Å². The fraction of sp³-hybridized carbons (Fsp3) is 0.594. The first kappa shape index (κ1) is 59.6. The third-order valence-electron chi connectivity index (χ3n) is 16.4. The first-order chi connectivity index (χ1) is 36.2. The van der Waals surface area contributed by atoms with Crippen molar-refractivity contribution in [3.8, 4) is 0 Å². The minimum absolute atomic E-state index is 0.00555. The summed E-state index contributed by atoms with van der Waals surface area (Å²) < 4.78 is 0. The standard InChI is InChI=1S/C64H92N6O6/c1-11-45(2)60(74)66-59(64(7,8)9)62(76)70-37-23-29-54(70)44-68(42-48-33-35-50-25-19-21-27-52(50)39-48)58(73)31-17-15-13-12-14-16-30-57(72)67(41-47-32-34-49-24-18-20-26-51(49)38-47)43-53-28-22-36-69(53)61(75)55(63(4,5)6)40-56(71)46(3)65-10/h18-21,24-27,32-35,38-39,45-46,53-55,59,65H,11-17,22-23,28-31,36-37,40-44H2,1-10H3,(H,66,74)/t45-,46+,53+,54+,55-,59-/m1/s1. The molecule has 2 heterocycles. The molecule has 2 aliphatic heterocycles. The molecule has 6 atom stereocenters. The predicted octanol–water partition coefficient (Wildman–Crippen LogP) is 11.3. The highest BCUT2D eigenvalue weighted by Crippen LogP contribution is 2.35. The Hall–Kier alpha value is -5.62. The van der Waals surface area contributed by atoms with Gasteiger partial charge in [-0.25, -0.2) is 0 Å². The number of carbonyl (C=O) groups excluding carboxylic acids is 6. The highest BCUT2D eigenvalue weighted by molar-refractivity contribution is 5.91.